The molecular weight excluding hydrogens is 290 g/mol. The van der Waals surface area contributed by atoms with Crippen LogP contribution in [-0.4, -0.2) is 48.4 Å². The van der Waals surface area contributed by atoms with Gasteiger partial charge in [-0.3, -0.25) is 9.59 Å². The molecule has 1 aromatic rings. The summed E-state index contributed by atoms with van der Waals surface area (Å²) in [5.41, 5.74) is 5.83. The van der Waals surface area contributed by atoms with Crippen molar-refractivity contribution in [1.82, 2.24) is 15.2 Å². The SMILES string of the molecule is CNC(=O)C(C)CN(C)C(=O)c1sc(NC2CC2)nc1N. The van der Waals surface area contributed by atoms with Crippen molar-refractivity contribution in [3.05, 3.63) is 4.88 Å². The second-order valence-corrected chi connectivity index (χ2v) is 6.35. The van der Waals surface area contributed by atoms with E-state index in [4.69, 9.17) is 5.73 Å². The fourth-order valence-electron chi connectivity index (χ4n) is 1.95. The molecule has 1 aliphatic carbocycles. The van der Waals surface area contributed by atoms with E-state index in [1.165, 1.54) is 16.2 Å². The predicted molar refractivity (Wildman–Crippen MR) is 83.4 cm³/mol. The number of anilines is 2. The molecule has 0 radical (unpaired) electrons. The summed E-state index contributed by atoms with van der Waals surface area (Å²) >= 11 is 1.27. The van der Waals surface area contributed by atoms with E-state index in [1.54, 1.807) is 21.0 Å². The molecule has 1 fully saturated rings. The number of amides is 2. The number of nitrogens with one attached hydrogen (secondary N) is 2. The van der Waals surface area contributed by atoms with Crippen LogP contribution in [0.3, 0.4) is 0 Å². The van der Waals surface area contributed by atoms with Crippen LogP contribution in [0, 0.1) is 5.92 Å². The van der Waals surface area contributed by atoms with E-state index in [2.05, 4.69) is 15.6 Å². The molecule has 8 heteroatoms. The van der Waals surface area contributed by atoms with Crippen molar-refractivity contribution >= 4 is 34.1 Å². The Morgan fingerprint density at radius 3 is 2.76 bits per heavy atom. The summed E-state index contributed by atoms with van der Waals surface area (Å²) in [4.78, 5) is 30.0. The summed E-state index contributed by atoms with van der Waals surface area (Å²) in [6, 6.07) is 0.463. The maximum Gasteiger partial charge on any atom is 0.267 e. The summed E-state index contributed by atoms with van der Waals surface area (Å²) in [7, 11) is 3.24. The van der Waals surface area contributed by atoms with Gasteiger partial charge in [0.25, 0.3) is 5.91 Å². The fourth-order valence-corrected chi connectivity index (χ4v) is 2.90. The maximum atomic E-state index is 12.4. The standard InChI is InChI=1S/C13H21N5O2S/c1-7(11(19)15-2)6-18(3)12(20)9-10(14)17-13(21-9)16-8-4-5-8/h7-8H,4-6,14H2,1-3H3,(H,15,19)(H,16,17). The van der Waals surface area contributed by atoms with Crippen molar-refractivity contribution < 1.29 is 9.59 Å². The number of nitrogen functional groups attached to an aromatic ring is 1. The highest BCUT2D eigenvalue weighted by atomic mass is 32.1. The highest BCUT2D eigenvalue weighted by molar-refractivity contribution is 7.18. The van der Waals surface area contributed by atoms with E-state index >= 15 is 0 Å². The van der Waals surface area contributed by atoms with Crippen LogP contribution in [0.2, 0.25) is 0 Å². The van der Waals surface area contributed by atoms with Crippen LogP contribution < -0.4 is 16.4 Å². The van der Waals surface area contributed by atoms with Crippen molar-refractivity contribution in [3.63, 3.8) is 0 Å². The first kappa shape index (κ1) is 15.6. The molecule has 2 rings (SSSR count). The summed E-state index contributed by atoms with van der Waals surface area (Å²) in [5.74, 6) is -0.331. The quantitative estimate of drug-likeness (QED) is 0.720. The normalized spacial score (nSPS) is 15.4. The minimum absolute atomic E-state index is 0.0944. The van der Waals surface area contributed by atoms with Gasteiger partial charge in [-0.05, 0) is 12.8 Å². The van der Waals surface area contributed by atoms with Crippen molar-refractivity contribution in [2.24, 2.45) is 5.92 Å². The van der Waals surface area contributed by atoms with Crippen LogP contribution >= 0.6 is 11.3 Å². The van der Waals surface area contributed by atoms with Crippen LogP contribution in [0.15, 0.2) is 0 Å². The Morgan fingerprint density at radius 1 is 1.52 bits per heavy atom. The third kappa shape index (κ3) is 3.84. The molecule has 116 valence electrons. The van der Waals surface area contributed by atoms with Gasteiger partial charge in [-0.15, -0.1) is 0 Å². The minimum Gasteiger partial charge on any atom is -0.382 e. The maximum absolute atomic E-state index is 12.4. The van der Waals surface area contributed by atoms with Gasteiger partial charge >= 0.3 is 0 Å². The lowest BCUT2D eigenvalue weighted by atomic mass is 10.1. The minimum atomic E-state index is -0.276. The van der Waals surface area contributed by atoms with Gasteiger partial charge in [-0.1, -0.05) is 18.3 Å². The van der Waals surface area contributed by atoms with Crippen LogP contribution in [0.25, 0.3) is 0 Å². The Hall–Kier alpha value is -1.83. The molecule has 0 spiro atoms. The molecule has 4 N–H and O–H groups in total. The van der Waals surface area contributed by atoms with E-state index in [9.17, 15) is 9.59 Å². The lowest BCUT2D eigenvalue weighted by Crippen LogP contribution is -2.37. The lowest BCUT2D eigenvalue weighted by molar-refractivity contribution is -0.124. The molecule has 0 saturated heterocycles. The Bertz CT molecular complexity index is 541. The first-order valence-electron chi connectivity index (χ1n) is 6.92. The number of carbonyl (C=O) groups is 2. The molecule has 1 heterocycles. The second kappa shape index (κ2) is 6.30. The first-order valence-corrected chi connectivity index (χ1v) is 7.74. The summed E-state index contributed by atoms with van der Waals surface area (Å²) in [6.45, 7) is 2.11. The molecule has 1 aliphatic rings. The molecule has 0 aliphatic heterocycles. The van der Waals surface area contributed by atoms with E-state index in [0.29, 0.717) is 22.6 Å². The number of thiazole rings is 1. The fraction of sp³-hybridized carbons (Fsp3) is 0.615. The van der Waals surface area contributed by atoms with Gasteiger partial charge in [0.05, 0.1) is 5.92 Å². The molecule has 0 bridgehead atoms. The number of hydrogen-bond donors (Lipinski definition) is 3. The number of rotatable bonds is 6. The average molecular weight is 311 g/mol. The van der Waals surface area contributed by atoms with Crippen LogP contribution in [0.1, 0.15) is 29.4 Å². The van der Waals surface area contributed by atoms with E-state index < -0.39 is 0 Å². The summed E-state index contributed by atoms with van der Waals surface area (Å²) in [5, 5.41) is 6.49. The largest absolute Gasteiger partial charge is 0.382 e. The van der Waals surface area contributed by atoms with Gasteiger partial charge in [0, 0.05) is 26.7 Å². The van der Waals surface area contributed by atoms with Crippen molar-refractivity contribution in [2.45, 2.75) is 25.8 Å². The Morgan fingerprint density at radius 2 is 2.19 bits per heavy atom. The number of nitrogens with two attached hydrogens (primary N) is 1. The molecular formula is C13H21N5O2S. The molecule has 0 aromatic carbocycles. The Balaban J connectivity index is 2.00. The second-order valence-electron chi connectivity index (χ2n) is 5.35. The van der Waals surface area contributed by atoms with E-state index in [0.717, 1.165) is 12.8 Å². The van der Waals surface area contributed by atoms with Gasteiger partial charge in [-0.2, -0.15) is 0 Å². The van der Waals surface area contributed by atoms with Crippen LogP contribution in [-0.2, 0) is 4.79 Å². The zero-order valence-electron chi connectivity index (χ0n) is 12.5. The van der Waals surface area contributed by atoms with Gasteiger partial charge < -0.3 is 21.3 Å². The average Bonchev–Trinajstić information content (AvgIpc) is 3.18. The number of carbonyl (C=O) groups excluding carboxylic acids is 2. The topological polar surface area (TPSA) is 100 Å². The number of aromatic nitrogens is 1. The van der Waals surface area contributed by atoms with Crippen molar-refractivity contribution in [3.8, 4) is 0 Å². The van der Waals surface area contributed by atoms with Gasteiger partial charge in [-0.25, -0.2) is 4.98 Å². The molecule has 1 unspecified atom stereocenters. The summed E-state index contributed by atoms with van der Waals surface area (Å²) in [6.07, 6.45) is 2.26. The highest BCUT2D eigenvalue weighted by Crippen LogP contribution is 2.31. The Labute approximate surface area is 127 Å². The van der Waals surface area contributed by atoms with Gasteiger partial charge in [0.2, 0.25) is 5.91 Å². The number of nitrogens with zero attached hydrogens (tertiary/aromatic N) is 2. The van der Waals surface area contributed by atoms with Crippen molar-refractivity contribution in [1.29, 1.82) is 0 Å². The van der Waals surface area contributed by atoms with E-state index in [1.807, 2.05) is 0 Å². The zero-order chi connectivity index (χ0) is 15.6. The molecule has 1 saturated carbocycles. The monoisotopic (exact) mass is 311 g/mol. The first-order chi connectivity index (χ1) is 9.92. The summed E-state index contributed by atoms with van der Waals surface area (Å²) < 4.78 is 0. The van der Waals surface area contributed by atoms with Crippen LogP contribution in [0.4, 0.5) is 10.9 Å². The smallest absolute Gasteiger partial charge is 0.267 e. The van der Waals surface area contributed by atoms with Crippen LogP contribution in [0.5, 0.6) is 0 Å². The molecule has 7 nitrogen and oxygen atoms in total. The molecule has 1 atom stereocenters. The highest BCUT2D eigenvalue weighted by Gasteiger charge is 2.26. The predicted octanol–water partition coefficient (Wildman–Crippen LogP) is 0.754. The third-order valence-corrected chi connectivity index (χ3v) is 4.33. The van der Waals surface area contributed by atoms with Crippen molar-refractivity contribution in [2.75, 3.05) is 31.7 Å². The lowest BCUT2D eigenvalue weighted by Gasteiger charge is -2.20. The Kier molecular flexibility index (Phi) is 4.66. The number of hydrogen-bond acceptors (Lipinski definition) is 6. The molecule has 1 aromatic heterocycles. The van der Waals surface area contributed by atoms with E-state index in [-0.39, 0.29) is 23.6 Å². The third-order valence-electron chi connectivity index (χ3n) is 3.34. The van der Waals surface area contributed by atoms with Gasteiger partial charge in [0.15, 0.2) is 5.13 Å². The molecule has 2 amide bonds. The van der Waals surface area contributed by atoms with Gasteiger partial charge in [0.1, 0.15) is 10.7 Å². The molecule has 21 heavy (non-hydrogen) atoms. The zero-order valence-corrected chi connectivity index (χ0v) is 13.3.